The fourth-order valence-corrected chi connectivity index (χ4v) is 5.00. The van der Waals surface area contributed by atoms with Crippen LogP contribution in [0.15, 0.2) is 17.1 Å². The summed E-state index contributed by atoms with van der Waals surface area (Å²) < 4.78 is 49.5. The van der Waals surface area contributed by atoms with Crippen LogP contribution in [-0.4, -0.2) is 51.0 Å². The molecule has 26 heavy (non-hydrogen) atoms. The molecule has 146 valence electrons. The van der Waals surface area contributed by atoms with Gasteiger partial charge in [0.25, 0.3) is 8.53 Å². The SMILES string of the molecule is CC(C)N(C(C)C)P1OCC2O[C@@H](n3ccc(N)nc3=O)C(F)(F)[C@@H]2O1. The van der Waals surface area contributed by atoms with Crippen LogP contribution < -0.4 is 11.4 Å². The van der Waals surface area contributed by atoms with Crippen LogP contribution in [0.4, 0.5) is 14.6 Å². The van der Waals surface area contributed by atoms with E-state index < -0.39 is 38.6 Å². The van der Waals surface area contributed by atoms with Gasteiger partial charge in [0, 0.05) is 18.3 Å². The Morgan fingerprint density at radius 3 is 2.62 bits per heavy atom. The summed E-state index contributed by atoms with van der Waals surface area (Å²) in [6.07, 6.45) is -3.14. The number of ether oxygens (including phenoxy) is 1. The summed E-state index contributed by atoms with van der Waals surface area (Å²) >= 11 is 0. The van der Waals surface area contributed by atoms with Crippen molar-refractivity contribution < 1.29 is 22.6 Å². The van der Waals surface area contributed by atoms with E-state index >= 15 is 8.78 Å². The Bertz CT molecular complexity index is 709. The minimum atomic E-state index is -3.42. The number of fused-ring (bicyclic) bond motifs is 1. The molecule has 1 aromatic heterocycles. The normalized spacial score (nSPS) is 31.0. The predicted octanol–water partition coefficient (Wildman–Crippen LogP) is 2.12. The second-order valence-electron chi connectivity index (χ2n) is 6.87. The molecular weight excluding hydrogens is 369 g/mol. The van der Waals surface area contributed by atoms with Crippen molar-refractivity contribution >= 4 is 14.3 Å². The lowest BCUT2D eigenvalue weighted by Crippen LogP contribution is -2.47. The van der Waals surface area contributed by atoms with E-state index in [2.05, 4.69) is 4.98 Å². The molecule has 0 aliphatic carbocycles. The Kier molecular flexibility index (Phi) is 5.33. The van der Waals surface area contributed by atoms with E-state index in [-0.39, 0.29) is 24.5 Å². The number of alkyl halides is 2. The largest absolute Gasteiger partial charge is 0.383 e. The van der Waals surface area contributed by atoms with Crippen molar-refractivity contribution in [3.8, 4) is 0 Å². The van der Waals surface area contributed by atoms with Gasteiger partial charge in [-0.25, -0.2) is 9.46 Å². The number of nitrogen functional groups attached to an aromatic ring is 1. The van der Waals surface area contributed by atoms with Crippen LogP contribution in [0.2, 0.25) is 0 Å². The molecule has 0 aromatic carbocycles. The summed E-state index contributed by atoms with van der Waals surface area (Å²) in [5.74, 6) is -3.46. The van der Waals surface area contributed by atoms with Gasteiger partial charge in [-0.3, -0.25) is 4.57 Å². The monoisotopic (exact) mass is 392 g/mol. The lowest BCUT2D eigenvalue weighted by atomic mass is 10.1. The van der Waals surface area contributed by atoms with Crippen molar-refractivity contribution in [3.05, 3.63) is 22.7 Å². The van der Waals surface area contributed by atoms with Gasteiger partial charge >= 0.3 is 11.6 Å². The van der Waals surface area contributed by atoms with E-state index in [4.69, 9.17) is 19.5 Å². The van der Waals surface area contributed by atoms with E-state index in [1.54, 1.807) is 0 Å². The maximum Gasteiger partial charge on any atom is 0.351 e. The molecule has 11 heteroatoms. The zero-order valence-electron chi connectivity index (χ0n) is 15.0. The molecule has 2 N–H and O–H groups in total. The number of nitrogens with zero attached hydrogens (tertiary/aromatic N) is 3. The first-order chi connectivity index (χ1) is 12.1. The smallest absolute Gasteiger partial charge is 0.351 e. The molecule has 0 bridgehead atoms. The van der Waals surface area contributed by atoms with Gasteiger partial charge in [0.15, 0.2) is 6.10 Å². The number of aromatic nitrogens is 2. The zero-order valence-corrected chi connectivity index (χ0v) is 15.9. The van der Waals surface area contributed by atoms with Gasteiger partial charge in [-0.05, 0) is 33.8 Å². The topological polar surface area (TPSA) is 91.8 Å². The molecule has 4 atom stereocenters. The summed E-state index contributed by atoms with van der Waals surface area (Å²) in [5, 5.41) is 0. The van der Waals surface area contributed by atoms with Crippen molar-refractivity contribution in [2.75, 3.05) is 12.3 Å². The molecule has 3 heterocycles. The highest BCUT2D eigenvalue weighted by Gasteiger charge is 2.64. The van der Waals surface area contributed by atoms with Crippen LogP contribution >= 0.6 is 8.53 Å². The second kappa shape index (κ2) is 7.09. The zero-order chi connectivity index (χ0) is 19.2. The third-order valence-corrected chi connectivity index (χ3v) is 6.33. The number of anilines is 1. The molecule has 2 aliphatic rings. The Balaban J connectivity index is 1.86. The van der Waals surface area contributed by atoms with Gasteiger partial charge in [-0.2, -0.15) is 13.8 Å². The number of hydrogen-bond donors (Lipinski definition) is 1. The van der Waals surface area contributed by atoms with E-state index in [1.165, 1.54) is 6.07 Å². The third-order valence-electron chi connectivity index (χ3n) is 4.25. The summed E-state index contributed by atoms with van der Waals surface area (Å²) in [6.45, 7) is 7.77. The van der Waals surface area contributed by atoms with Gasteiger partial charge in [-0.15, -0.1) is 0 Å². The van der Waals surface area contributed by atoms with Crippen molar-refractivity contribution in [2.24, 2.45) is 0 Å². The Morgan fingerprint density at radius 2 is 2.04 bits per heavy atom. The molecule has 2 fully saturated rings. The molecule has 2 aliphatic heterocycles. The first-order valence-electron chi connectivity index (χ1n) is 8.39. The van der Waals surface area contributed by atoms with Crippen LogP contribution in [-0.2, 0) is 13.8 Å². The van der Waals surface area contributed by atoms with Crippen LogP contribution in [0, 0.1) is 0 Å². The quantitative estimate of drug-likeness (QED) is 0.785. The van der Waals surface area contributed by atoms with Gasteiger partial charge in [0.05, 0.1) is 6.61 Å². The predicted molar refractivity (Wildman–Crippen MR) is 91.6 cm³/mol. The molecule has 0 amide bonds. The van der Waals surface area contributed by atoms with Gasteiger partial charge in [-0.1, -0.05) is 0 Å². The fraction of sp³-hybridized carbons (Fsp3) is 0.733. The molecule has 0 saturated carbocycles. The Morgan fingerprint density at radius 1 is 1.38 bits per heavy atom. The number of nitrogens with two attached hydrogens (primary N) is 1. The van der Waals surface area contributed by atoms with Gasteiger partial charge in [0.2, 0.25) is 6.23 Å². The molecular formula is C15H23F2N4O4P. The number of halogens is 2. The first-order valence-corrected chi connectivity index (χ1v) is 9.52. The summed E-state index contributed by atoms with van der Waals surface area (Å²) in [7, 11) is -1.65. The summed E-state index contributed by atoms with van der Waals surface area (Å²) in [5.41, 5.74) is 4.52. The second-order valence-corrected chi connectivity index (χ2v) is 8.28. The molecule has 8 nitrogen and oxygen atoms in total. The van der Waals surface area contributed by atoms with E-state index in [0.717, 1.165) is 10.8 Å². The highest BCUT2D eigenvalue weighted by atomic mass is 31.2. The highest BCUT2D eigenvalue weighted by Crippen LogP contribution is 2.57. The third kappa shape index (κ3) is 3.36. The van der Waals surface area contributed by atoms with E-state index in [1.807, 2.05) is 32.4 Å². The minimum absolute atomic E-state index is 0.0322. The van der Waals surface area contributed by atoms with Crippen molar-refractivity contribution in [3.63, 3.8) is 0 Å². The number of rotatable bonds is 4. The molecule has 2 unspecified atom stereocenters. The summed E-state index contributed by atoms with van der Waals surface area (Å²) in [4.78, 5) is 15.4. The van der Waals surface area contributed by atoms with Crippen LogP contribution in [0.1, 0.15) is 33.9 Å². The molecule has 2 saturated heterocycles. The average molecular weight is 392 g/mol. The fourth-order valence-electron chi connectivity index (χ4n) is 3.20. The maximum absolute atomic E-state index is 15.0. The molecule has 0 spiro atoms. The van der Waals surface area contributed by atoms with Crippen molar-refractivity contribution in [1.82, 2.24) is 14.2 Å². The lowest BCUT2D eigenvalue weighted by Gasteiger charge is -2.41. The first kappa shape index (κ1) is 19.6. The number of hydrogen-bond acceptors (Lipinski definition) is 7. The van der Waals surface area contributed by atoms with E-state index in [9.17, 15) is 4.79 Å². The van der Waals surface area contributed by atoms with Crippen molar-refractivity contribution in [1.29, 1.82) is 0 Å². The average Bonchev–Trinajstić information content (AvgIpc) is 2.78. The van der Waals surface area contributed by atoms with Gasteiger partial charge in [0.1, 0.15) is 11.9 Å². The standard InChI is InChI=1S/C15H23F2N4O4P/c1-8(2)21(9(3)4)26-23-7-10-12(25-26)15(16,17)13(24-10)20-6-5-11(18)19-14(20)22/h5-6,8-10,12-13H,7H2,1-4H3,(H2,18,19,22)/t10?,12-,13-,26?/m1/s1. The Labute approximate surface area is 151 Å². The van der Waals surface area contributed by atoms with E-state index in [0.29, 0.717) is 0 Å². The molecule has 1 aromatic rings. The van der Waals surface area contributed by atoms with Crippen LogP contribution in [0.25, 0.3) is 0 Å². The van der Waals surface area contributed by atoms with Crippen LogP contribution in [0.5, 0.6) is 0 Å². The Hall–Kier alpha value is -1.19. The highest BCUT2D eigenvalue weighted by molar-refractivity contribution is 7.44. The maximum atomic E-state index is 15.0. The van der Waals surface area contributed by atoms with Crippen molar-refractivity contribution in [2.45, 2.75) is 64.1 Å². The van der Waals surface area contributed by atoms with Gasteiger partial charge < -0.3 is 19.5 Å². The molecule has 0 radical (unpaired) electrons. The lowest BCUT2D eigenvalue weighted by molar-refractivity contribution is -0.135. The summed E-state index contributed by atoms with van der Waals surface area (Å²) in [6, 6.07) is 1.40. The minimum Gasteiger partial charge on any atom is -0.383 e. The molecule has 3 rings (SSSR count). The van der Waals surface area contributed by atoms with Crippen LogP contribution in [0.3, 0.4) is 0 Å².